The molecular weight excluding hydrogens is 188 g/mol. The summed E-state index contributed by atoms with van der Waals surface area (Å²) in [7, 11) is 1.77. The van der Waals surface area contributed by atoms with Gasteiger partial charge in [-0.3, -0.25) is 4.79 Å². The summed E-state index contributed by atoms with van der Waals surface area (Å²) in [6.07, 6.45) is 5.68. The smallest absolute Gasteiger partial charge is 0.258 e. The van der Waals surface area contributed by atoms with Gasteiger partial charge in [-0.1, -0.05) is 6.07 Å². The maximum absolute atomic E-state index is 12.0. The summed E-state index contributed by atoms with van der Waals surface area (Å²) in [5.41, 5.74) is 2.84. The minimum Gasteiger partial charge on any atom is -0.361 e. The zero-order valence-electron chi connectivity index (χ0n) is 8.32. The van der Waals surface area contributed by atoms with Crippen molar-refractivity contribution in [3.8, 4) is 0 Å². The lowest BCUT2D eigenvalue weighted by atomic mass is 10.1. The van der Waals surface area contributed by atoms with E-state index < -0.39 is 0 Å². The number of nitrogens with zero attached hydrogens (tertiary/aromatic N) is 1. The molecule has 0 unspecified atom stereocenters. The number of carbonyl (C=O) groups excluding carboxylic acids is 1. The molecule has 1 aliphatic heterocycles. The number of aromatic amines is 1. The van der Waals surface area contributed by atoms with Crippen LogP contribution < -0.4 is 0 Å². The summed E-state index contributed by atoms with van der Waals surface area (Å²) in [5.74, 6) is 0.0372. The van der Waals surface area contributed by atoms with Gasteiger partial charge in [0.15, 0.2) is 0 Å². The highest BCUT2D eigenvalue weighted by Gasteiger charge is 2.18. The van der Waals surface area contributed by atoms with Crippen molar-refractivity contribution >= 4 is 22.9 Å². The average molecular weight is 198 g/mol. The Labute approximate surface area is 87.0 Å². The fraction of sp³-hybridized carbons (Fsp3) is 0.0833. The Balaban J connectivity index is 2.46. The van der Waals surface area contributed by atoms with E-state index in [1.807, 2.05) is 30.5 Å². The number of H-pyrrole nitrogens is 1. The van der Waals surface area contributed by atoms with Crippen LogP contribution in [0.15, 0.2) is 30.6 Å². The molecule has 15 heavy (non-hydrogen) atoms. The van der Waals surface area contributed by atoms with E-state index in [0.717, 1.165) is 22.0 Å². The summed E-state index contributed by atoms with van der Waals surface area (Å²) >= 11 is 0. The molecule has 0 saturated carbocycles. The Morgan fingerprint density at radius 1 is 1.33 bits per heavy atom. The standard InChI is InChI=1S/C12H10N2O/c1-14-6-5-8-7-13-10-4-2-3-9(11(8)10)12(14)15/h2-7,13H,1H3. The molecule has 74 valence electrons. The third-order valence-electron chi connectivity index (χ3n) is 2.76. The van der Waals surface area contributed by atoms with Gasteiger partial charge in [0.2, 0.25) is 0 Å². The van der Waals surface area contributed by atoms with E-state index >= 15 is 0 Å². The van der Waals surface area contributed by atoms with Crippen LogP contribution in [0.3, 0.4) is 0 Å². The highest BCUT2D eigenvalue weighted by molar-refractivity contribution is 6.10. The van der Waals surface area contributed by atoms with Crippen molar-refractivity contribution in [1.82, 2.24) is 9.88 Å². The van der Waals surface area contributed by atoms with Crippen LogP contribution in [0.5, 0.6) is 0 Å². The number of aromatic nitrogens is 1. The number of hydrogen-bond donors (Lipinski definition) is 1. The Morgan fingerprint density at radius 3 is 3.07 bits per heavy atom. The molecule has 3 heteroatoms. The maximum atomic E-state index is 12.0. The summed E-state index contributed by atoms with van der Waals surface area (Å²) in [4.78, 5) is 16.7. The molecule has 2 heterocycles. The summed E-state index contributed by atoms with van der Waals surface area (Å²) < 4.78 is 0. The number of hydrogen-bond acceptors (Lipinski definition) is 1. The highest BCUT2D eigenvalue weighted by Crippen LogP contribution is 2.26. The zero-order valence-corrected chi connectivity index (χ0v) is 8.32. The second-order valence-electron chi connectivity index (χ2n) is 3.70. The average Bonchev–Trinajstić information content (AvgIpc) is 2.62. The molecule has 3 nitrogen and oxygen atoms in total. The lowest BCUT2D eigenvalue weighted by molar-refractivity contribution is 0.0853. The molecule has 0 aliphatic carbocycles. The normalized spacial score (nSPS) is 14.7. The minimum atomic E-state index is 0.0372. The molecule has 1 N–H and O–H groups in total. The van der Waals surface area contributed by atoms with E-state index in [0.29, 0.717) is 0 Å². The Bertz CT molecular complexity index is 580. The van der Waals surface area contributed by atoms with Crippen LogP contribution in [0.25, 0.3) is 17.0 Å². The zero-order chi connectivity index (χ0) is 10.4. The SMILES string of the molecule is CN1C=Cc2c[nH]c3cccc(c23)C1=O. The van der Waals surface area contributed by atoms with Crippen molar-refractivity contribution in [1.29, 1.82) is 0 Å². The van der Waals surface area contributed by atoms with Crippen LogP contribution in [0.1, 0.15) is 15.9 Å². The monoisotopic (exact) mass is 198 g/mol. The summed E-state index contributed by atoms with van der Waals surface area (Å²) in [6, 6.07) is 5.75. The predicted octanol–water partition coefficient (Wildman–Crippen LogP) is 2.22. The number of amides is 1. The van der Waals surface area contributed by atoms with Crippen molar-refractivity contribution in [2.45, 2.75) is 0 Å². The fourth-order valence-corrected chi connectivity index (χ4v) is 1.97. The van der Waals surface area contributed by atoms with Gasteiger partial charge >= 0.3 is 0 Å². The molecule has 0 fully saturated rings. The molecule has 1 aromatic carbocycles. The Kier molecular flexibility index (Phi) is 1.51. The first kappa shape index (κ1) is 8.29. The van der Waals surface area contributed by atoms with E-state index in [9.17, 15) is 4.79 Å². The van der Waals surface area contributed by atoms with Crippen LogP contribution in [0.2, 0.25) is 0 Å². The molecular formula is C12H10N2O. The third kappa shape index (κ3) is 1.03. The molecule has 0 atom stereocenters. The van der Waals surface area contributed by atoms with Crippen LogP contribution in [-0.2, 0) is 0 Å². The maximum Gasteiger partial charge on any atom is 0.258 e. The minimum absolute atomic E-state index is 0.0372. The van der Waals surface area contributed by atoms with Gasteiger partial charge < -0.3 is 9.88 Å². The molecule has 2 aromatic rings. The van der Waals surface area contributed by atoms with Crippen molar-refractivity contribution < 1.29 is 4.79 Å². The van der Waals surface area contributed by atoms with E-state index in [2.05, 4.69) is 4.98 Å². The second kappa shape index (κ2) is 2.73. The molecule has 1 amide bonds. The van der Waals surface area contributed by atoms with E-state index in [-0.39, 0.29) is 5.91 Å². The second-order valence-corrected chi connectivity index (χ2v) is 3.70. The molecule has 1 aliphatic rings. The van der Waals surface area contributed by atoms with Crippen LogP contribution >= 0.6 is 0 Å². The van der Waals surface area contributed by atoms with E-state index in [1.54, 1.807) is 18.1 Å². The number of rotatable bonds is 0. The molecule has 0 bridgehead atoms. The molecule has 0 radical (unpaired) electrons. The first-order chi connectivity index (χ1) is 7.27. The van der Waals surface area contributed by atoms with E-state index in [1.165, 1.54) is 0 Å². The van der Waals surface area contributed by atoms with Crippen LogP contribution in [-0.4, -0.2) is 22.8 Å². The highest BCUT2D eigenvalue weighted by atomic mass is 16.2. The van der Waals surface area contributed by atoms with Crippen molar-refractivity contribution in [2.24, 2.45) is 0 Å². The van der Waals surface area contributed by atoms with Gasteiger partial charge in [0.25, 0.3) is 5.91 Å². The molecule has 1 aromatic heterocycles. The van der Waals surface area contributed by atoms with Gasteiger partial charge in [-0.2, -0.15) is 0 Å². The lowest BCUT2D eigenvalue weighted by Crippen LogP contribution is -2.19. The van der Waals surface area contributed by atoms with Crippen molar-refractivity contribution in [3.63, 3.8) is 0 Å². The number of carbonyl (C=O) groups is 1. The lowest BCUT2D eigenvalue weighted by Gasteiger charge is -2.10. The number of benzene rings is 1. The predicted molar refractivity (Wildman–Crippen MR) is 59.4 cm³/mol. The summed E-state index contributed by atoms with van der Waals surface area (Å²) in [6.45, 7) is 0. The molecule has 0 saturated heterocycles. The third-order valence-corrected chi connectivity index (χ3v) is 2.76. The van der Waals surface area contributed by atoms with Gasteiger partial charge in [-0.05, 0) is 18.2 Å². The largest absolute Gasteiger partial charge is 0.361 e. The van der Waals surface area contributed by atoms with Crippen LogP contribution in [0.4, 0.5) is 0 Å². The van der Waals surface area contributed by atoms with Gasteiger partial charge in [-0.15, -0.1) is 0 Å². The van der Waals surface area contributed by atoms with Gasteiger partial charge in [0.1, 0.15) is 0 Å². The topological polar surface area (TPSA) is 36.1 Å². The van der Waals surface area contributed by atoms with Crippen molar-refractivity contribution in [2.75, 3.05) is 7.05 Å². The van der Waals surface area contributed by atoms with Crippen molar-refractivity contribution in [3.05, 3.63) is 41.7 Å². The summed E-state index contributed by atoms with van der Waals surface area (Å²) in [5, 5.41) is 1.02. The van der Waals surface area contributed by atoms with E-state index in [4.69, 9.17) is 0 Å². The van der Waals surface area contributed by atoms with Gasteiger partial charge in [0, 0.05) is 41.5 Å². The Morgan fingerprint density at radius 2 is 2.20 bits per heavy atom. The first-order valence-electron chi connectivity index (χ1n) is 4.83. The quantitative estimate of drug-likeness (QED) is 0.692. The molecule has 0 spiro atoms. The number of nitrogens with one attached hydrogen (secondary N) is 1. The Hall–Kier alpha value is -2.03. The van der Waals surface area contributed by atoms with Gasteiger partial charge in [-0.25, -0.2) is 0 Å². The van der Waals surface area contributed by atoms with Crippen LogP contribution in [0, 0.1) is 0 Å². The fourth-order valence-electron chi connectivity index (χ4n) is 1.97. The first-order valence-corrected chi connectivity index (χ1v) is 4.83. The molecule has 3 rings (SSSR count). The van der Waals surface area contributed by atoms with Gasteiger partial charge in [0.05, 0.1) is 0 Å².